The highest BCUT2D eigenvalue weighted by Gasteiger charge is 2.23. The maximum absolute atomic E-state index is 10.1. The highest BCUT2D eigenvalue weighted by atomic mass is 16.5. The molecule has 16 heavy (non-hydrogen) atoms. The Bertz CT molecular complexity index is 305. The van der Waals surface area contributed by atoms with Crippen LogP contribution >= 0.6 is 0 Å². The monoisotopic (exact) mass is 224 g/mol. The first-order valence-electron chi connectivity index (χ1n) is 5.45. The molecule has 1 N–H and O–H groups in total. The predicted octanol–water partition coefficient (Wildman–Crippen LogP) is 2.40. The molecule has 1 aromatic rings. The van der Waals surface area contributed by atoms with Gasteiger partial charge in [0.1, 0.15) is 11.9 Å². The van der Waals surface area contributed by atoms with E-state index in [1.165, 1.54) is 0 Å². The van der Waals surface area contributed by atoms with Crippen molar-refractivity contribution in [1.29, 1.82) is 0 Å². The van der Waals surface area contributed by atoms with E-state index >= 15 is 0 Å². The lowest BCUT2D eigenvalue weighted by Crippen LogP contribution is -2.26. The molecule has 0 heterocycles. The van der Waals surface area contributed by atoms with Crippen LogP contribution < -0.4 is 4.74 Å². The Hall–Kier alpha value is -1.06. The molecule has 0 aromatic heterocycles. The largest absolute Gasteiger partial charge is 0.497 e. The minimum atomic E-state index is -0.601. The third-order valence-corrected chi connectivity index (χ3v) is 2.70. The van der Waals surface area contributed by atoms with Crippen molar-refractivity contribution in [3.8, 4) is 5.75 Å². The molecule has 90 valence electrons. The molecule has 0 amide bonds. The van der Waals surface area contributed by atoms with E-state index in [1.54, 1.807) is 14.2 Å². The van der Waals surface area contributed by atoms with E-state index in [0.29, 0.717) is 0 Å². The first-order chi connectivity index (χ1) is 7.60. The summed E-state index contributed by atoms with van der Waals surface area (Å²) < 4.78 is 10.4. The number of rotatable bonds is 5. The lowest BCUT2D eigenvalue weighted by Gasteiger charge is -2.25. The summed E-state index contributed by atoms with van der Waals surface area (Å²) in [4.78, 5) is 0. The van der Waals surface area contributed by atoms with Crippen LogP contribution in [-0.4, -0.2) is 25.4 Å². The first kappa shape index (κ1) is 13.0. The van der Waals surface area contributed by atoms with E-state index in [4.69, 9.17) is 9.47 Å². The van der Waals surface area contributed by atoms with Crippen LogP contribution in [0.4, 0.5) is 0 Å². The number of methoxy groups -OCH3 is 2. The minimum Gasteiger partial charge on any atom is -0.497 e. The van der Waals surface area contributed by atoms with Crippen LogP contribution in [0.15, 0.2) is 24.3 Å². The molecule has 3 nitrogen and oxygen atoms in total. The quantitative estimate of drug-likeness (QED) is 0.834. The average molecular weight is 224 g/mol. The summed E-state index contributed by atoms with van der Waals surface area (Å²) in [6, 6.07) is 7.40. The number of hydrogen-bond acceptors (Lipinski definition) is 3. The fourth-order valence-corrected chi connectivity index (χ4v) is 1.76. The molecular weight excluding hydrogens is 204 g/mol. The van der Waals surface area contributed by atoms with Crippen LogP contribution in [0.2, 0.25) is 0 Å². The molecule has 0 bridgehead atoms. The van der Waals surface area contributed by atoms with Gasteiger partial charge in [-0.2, -0.15) is 0 Å². The van der Waals surface area contributed by atoms with Gasteiger partial charge in [0.25, 0.3) is 0 Å². The highest BCUT2D eigenvalue weighted by Crippen LogP contribution is 2.25. The van der Waals surface area contributed by atoms with Crippen molar-refractivity contribution in [1.82, 2.24) is 0 Å². The van der Waals surface area contributed by atoms with Gasteiger partial charge in [-0.1, -0.05) is 26.0 Å². The zero-order valence-electron chi connectivity index (χ0n) is 10.3. The maximum atomic E-state index is 10.1. The molecule has 0 aliphatic rings. The average Bonchev–Trinajstić information content (AvgIpc) is 2.29. The van der Waals surface area contributed by atoms with Gasteiger partial charge < -0.3 is 14.6 Å². The van der Waals surface area contributed by atoms with Crippen molar-refractivity contribution in [3.05, 3.63) is 29.8 Å². The van der Waals surface area contributed by atoms with Crippen molar-refractivity contribution in [2.75, 3.05) is 14.2 Å². The van der Waals surface area contributed by atoms with Gasteiger partial charge >= 0.3 is 0 Å². The van der Waals surface area contributed by atoms with E-state index in [0.717, 1.165) is 11.3 Å². The second-order valence-corrected chi connectivity index (χ2v) is 4.16. The Morgan fingerprint density at radius 2 is 1.62 bits per heavy atom. The van der Waals surface area contributed by atoms with Crippen LogP contribution in [0.1, 0.15) is 25.5 Å². The van der Waals surface area contributed by atoms with E-state index in [9.17, 15) is 5.11 Å². The number of benzene rings is 1. The highest BCUT2D eigenvalue weighted by molar-refractivity contribution is 5.28. The van der Waals surface area contributed by atoms with Gasteiger partial charge in [-0.25, -0.2) is 0 Å². The summed E-state index contributed by atoms with van der Waals surface area (Å²) in [7, 11) is 3.24. The molecule has 1 rings (SSSR count). The van der Waals surface area contributed by atoms with Gasteiger partial charge in [0.15, 0.2) is 0 Å². The van der Waals surface area contributed by atoms with E-state index in [2.05, 4.69) is 0 Å². The van der Waals surface area contributed by atoms with Gasteiger partial charge in [0.2, 0.25) is 0 Å². The molecule has 0 fully saturated rings. The van der Waals surface area contributed by atoms with Crippen molar-refractivity contribution in [2.24, 2.45) is 5.92 Å². The van der Waals surface area contributed by atoms with Gasteiger partial charge in [-0.05, 0) is 23.6 Å². The maximum Gasteiger partial charge on any atom is 0.118 e. The molecule has 1 aromatic carbocycles. The first-order valence-corrected chi connectivity index (χ1v) is 5.45. The molecule has 2 unspecified atom stereocenters. The molecule has 0 aliphatic heterocycles. The van der Waals surface area contributed by atoms with Gasteiger partial charge in [-0.3, -0.25) is 0 Å². The van der Waals surface area contributed by atoms with Gasteiger partial charge in [0, 0.05) is 7.11 Å². The Balaban J connectivity index is 2.82. The number of aliphatic hydroxyl groups excluding tert-OH is 1. The smallest absolute Gasteiger partial charge is 0.118 e. The fourth-order valence-electron chi connectivity index (χ4n) is 1.76. The minimum absolute atomic E-state index is 0.187. The van der Waals surface area contributed by atoms with Crippen LogP contribution in [0.25, 0.3) is 0 Å². The zero-order chi connectivity index (χ0) is 12.1. The molecule has 3 heteroatoms. The van der Waals surface area contributed by atoms with Crippen molar-refractivity contribution in [2.45, 2.75) is 26.1 Å². The topological polar surface area (TPSA) is 38.7 Å². The Morgan fingerprint density at radius 1 is 1.06 bits per heavy atom. The second kappa shape index (κ2) is 5.87. The zero-order valence-corrected chi connectivity index (χ0v) is 10.3. The fraction of sp³-hybridized carbons (Fsp3) is 0.538. The van der Waals surface area contributed by atoms with Crippen LogP contribution in [0.3, 0.4) is 0 Å². The Labute approximate surface area is 97.0 Å². The Morgan fingerprint density at radius 3 is 2.00 bits per heavy atom. The summed E-state index contributed by atoms with van der Waals surface area (Å²) in [6.45, 7) is 4.06. The second-order valence-electron chi connectivity index (χ2n) is 4.16. The van der Waals surface area contributed by atoms with Gasteiger partial charge in [-0.15, -0.1) is 0 Å². The van der Waals surface area contributed by atoms with Crippen molar-refractivity contribution < 1.29 is 14.6 Å². The van der Waals surface area contributed by atoms with Crippen LogP contribution in [-0.2, 0) is 4.74 Å². The van der Waals surface area contributed by atoms with E-state index in [1.807, 2.05) is 38.1 Å². The summed E-state index contributed by atoms with van der Waals surface area (Å²) in [5.41, 5.74) is 0.848. The van der Waals surface area contributed by atoms with Crippen LogP contribution in [0, 0.1) is 5.92 Å². The SMILES string of the molecule is COc1ccc(C(O)C(OC)C(C)C)cc1. The summed E-state index contributed by atoms with van der Waals surface area (Å²) >= 11 is 0. The summed E-state index contributed by atoms with van der Waals surface area (Å²) in [5.74, 6) is 1.05. The Kier molecular flexibility index (Phi) is 4.77. The third kappa shape index (κ3) is 2.97. The molecule has 0 spiro atoms. The summed E-state index contributed by atoms with van der Waals surface area (Å²) in [5, 5.41) is 10.1. The standard InChI is InChI=1S/C13H20O3/c1-9(2)13(16-4)12(14)10-5-7-11(15-3)8-6-10/h5-9,12-14H,1-4H3. The molecule has 0 saturated carbocycles. The number of ether oxygens (including phenoxy) is 2. The molecule has 0 radical (unpaired) electrons. The number of aliphatic hydroxyl groups is 1. The molecule has 0 saturated heterocycles. The third-order valence-electron chi connectivity index (χ3n) is 2.70. The lowest BCUT2D eigenvalue weighted by molar-refractivity contribution is -0.0390. The predicted molar refractivity (Wildman–Crippen MR) is 63.6 cm³/mol. The normalized spacial score (nSPS) is 14.9. The van der Waals surface area contributed by atoms with E-state index in [-0.39, 0.29) is 12.0 Å². The van der Waals surface area contributed by atoms with E-state index < -0.39 is 6.10 Å². The van der Waals surface area contributed by atoms with Crippen molar-refractivity contribution in [3.63, 3.8) is 0 Å². The number of hydrogen-bond donors (Lipinski definition) is 1. The lowest BCUT2D eigenvalue weighted by atomic mass is 9.96. The summed E-state index contributed by atoms with van der Waals surface area (Å²) in [6.07, 6.45) is -0.788. The molecular formula is C13H20O3. The van der Waals surface area contributed by atoms with Crippen LogP contribution in [0.5, 0.6) is 5.75 Å². The van der Waals surface area contributed by atoms with Crippen molar-refractivity contribution >= 4 is 0 Å². The molecule has 2 atom stereocenters. The molecule has 0 aliphatic carbocycles. The van der Waals surface area contributed by atoms with Gasteiger partial charge in [0.05, 0.1) is 13.2 Å².